The maximum Gasteiger partial charge on any atom is 0.410 e. The number of carbonyl (C=O) groups excluding carboxylic acids is 2. The number of hydrogen-bond acceptors (Lipinski definition) is 8. The third kappa shape index (κ3) is 7.75. The fourth-order valence-electron chi connectivity index (χ4n) is 3.12. The van der Waals surface area contributed by atoms with E-state index >= 15 is 0 Å². The molecule has 2 rings (SSSR count). The second-order valence-corrected chi connectivity index (χ2v) is 10.7. The summed E-state index contributed by atoms with van der Waals surface area (Å²) in [4.78, 5) is 38.4. The summed E-state index contributed by atoms with van der Waals surface area (Å²) in [6, 6.07) is 3.12. The first-order chi connectivity index (χ1) is 14.8. The van der Waals surface area contributed by atoms with E-state index in [1.807, 2.05) is 20.8 Å². The Labute approximate surface area is 187 Å². The molecule has 0 aliphatic carbocycles. The number of nitrogens with one attached hydrogen (secondary N) is 1. The third-order valence-corrected chi connectivity index (χ3v) is 5.85. The highest BCUT2D eigenvalue weighted by molar-refractivity contribution is 7.90. The predicted octanol–water partition coefficient (Wildman–Crippen LogP) is 1.67. The highest BCUT2D eigenvalue weighted by Gasteiger charge is 2.25. The minimum Gasteiger partial charge on any atom is -0.444 e. The van der Waals surface area contributed by atoms with Crippen LogP contribution in [0.2, 0.25) is 0 Å². The van der Waals surface area contributed by atoms with Crippen LogP contribution in [0.25, 0.3) is 0 Å². The zero-order chi connectivity index (χ0) is 24.1. The average Bonchev–Trinajstić information content (AvgIpc) is 2.69. The van der Waals surface area contributed by atoms with Gasteiger partial charge in [-0.05, 0) is 39.8 Å². The molecular formula is C20H30N4O7S. The smallest absolute Gasteiger partial charge is 0.410 e. The molecule has 1 aliphatic rings. The van der Waals surface area contributed by atoms with Crippen molar-refractivity contribution in [2.45, 2.75) is 37.7 Å². The quantitative estimate of drug-likeness (QED) is 0.361. The molecule has 2 amide bonds. The van der Waals surface area contributed by atoms with Crippen molar-refractivity contribution < 1.29 is 27.7 Å². The first kappa shape index (κ1) is 25.5. The maximum absolute atomic E-state index is 12.4. The van der Waals surface area contributed by atoms with Gasteiger partial charge in [-0.25, -0.2) is 13.2 Å². The van der Waals surface area contributed by atoms with Crippen LogP contribution in [0.4, 0.5) is 10.5 Å². The Hall–Kier alpha value is -2.73. The molecule has 0 atom stereocenters. The molecule has 0 unspecified atom stereocenters. The Morgan fingerprint density at radius 3 is 2.31 bits per heavy atom. The first-order valence-corrected chi connectivity index (χ1v) is 12.1. The van der Waals surface area contributed by atoms with Crippen molar-refractivity contribution in [3.63, 3.8) is 0 Å². The lowest BCUT2D eigenvalue weighted by Gasteiger charge is -2.35. The molecule has 0 bridgehead atoms. The van der Waals surface area contributed by atoms with Gasteiger partial charge in [0.25, 0.3) is 11.6 Å². The third-order valence-electron chi connectivity index (χ3n) is 4.75. The van der Waals surface area contributed by atoms with E-state index in [0.717, 1.165) is 24.5 Å². The molecule has 1 saturated heterocycles. The number of nitro groups is 1. The number of carbonyl (C=O) groups is 2. The van der Waals surface area contributed by atoms with Crippen molar-refractivity contribution in [2.24, 2.45) is 0 Å². The van der Waals surface area contributed by atoms with Crippen molar-refractivity contribution in [1.29, 1.82) is 0 Å². The number of piperazine rings is 1. The van der Waals surface area contributed by atoms with Crippen molar-refractivity contribution >= 4 is 27.5 Å². The second-order valence-electron chi connectivity index (χ2n) is 8.66. The van der Waals surface area contributed by atoms with E-state index in [-0.39, 0.29) is 16.6 Å². The van der Waals surface area contributed by atoms with E-state index in [0.29, 0.717) is 45.7 Å². The fraction of sp³-hybridized carbons (Fsp3) is 0.600. The Kier molecular flexibility index (Phi) is 8.18. The van der Waals surface area contributed by atoms with Gasteiger partial charge in [0.1, 0.15) is 5.60 Å². The van der Waals surface area contributed by atoms with Gasteiger partial charge in [-0.15, -0.1) is 0 Å². The van der Waals surface area contributed by atoms with Gasteiger partial charge in [-0.3, -0.25) is 19.8 Å². The lowest BCUT2D eigenvalue weighted by Crippen LogP contribution is -2.50. The second kappa shape index (κ2) is 10.3. The number of amides is 2. The van der Waals surface area contributed by atoms with Crippen LogP contribution in [0, 0.1) is 10.1 Å². The summed E-state index contributed by atoms with van der Waals surface area (Å²) in [7, 11) is -3.70. The minimum atomic E-state index is -3.70. The Morgan fingerprint density at radius 2 is 1.78 bits per heavy atom. The van der Waals surface area contributed by atoms with Crippen LogP contribution in [-0.2, 0) is 14.6 Å². The molecule has 1 heterocycles. The van der Waals surface area contributed by atoms with Crippen LogP contribution in [0.5, 0.6) is 0 Å². The molecule has 178 valence electrons. The summed E-state index contributed by atoms with van der Waals surface area (Å²) in [5.41, 5.74) is -1.07. The number of rotatable bonds is 7. The topological polar surface area (TPSA) is 139 Å². The summed E-state index contributed by atoms with van der Waals surface area (Å²) in [6.45, 7) is 8.99. The van der Waals surface area contributed by atoms with Gasteiger partial charge in [-0.2, -0.15) is 0 Å². The van der Waals surface area contributed by atoms with Gasteiger partial charge in [0, 0.05) is 56.7 Å². The zero-order valence-corrected chi connectivity index (χ0v) is 19.6. The molecule has 1 fully saturated rings. The van der Waals surface area contributed by atoms with Crippen molar-refractivity contribution in [1.82, 2.24) is 15.1 Å². The number of nitrogens with zero attached hydrogens (tertiary/aromatic N) is 3. The predicted molar refractivity (Wildman–Crippen MR) is 117 cm³/mol. The van der Waals surface area contributed by atoms with Crippen LogP contribution >= 0.6 is 0 Å². The Morgan fingerprint density at radius 1 is 1.16 bits per heavy atom. The number of ether oxygens (including phenoxy) is 1. The van der Waals surface area contributed by atoms with Crippen LogP contribution in [0.15, 0.2) is 23.1 Å². The number of sulfone groups is 1. The lowest BCUT2D eigenvalue weighted by molar-refractivity contribution is -0.385. The van der Waals surface area contributed by atoms with Gasteiger partial charge < -0.3 is 15.0 Å². The molecule has 0 radical (unpaired) electrons. The molecule has 1 N–H and O–H groups in total. The monoisotopic (exact) mass is 470 g/mol. The number of hydrogen-bond donors (Lipinski definition) is 1. The van der Waals surface area contributed by atoms with Gasteiger partial charge >= 0.3 is 6.09 Å². The highest BCUT2D eigenvalue weighted by Crippen LogP contribution is 2.21. The molecule has 1 aromatic carbocycles. The SMILES string of the molecule is CC(C)(C)OC(=O)N1CCN(CCCNC(=O)c2cc([N+](=O)[O-])cc(S(C)(=O)=O)c2)CC1. The Bertz CT molecular complexity index is 965. The molecule has 32 heavy (non-hydrogen) atoms. The summed E-state index contributed by atoms with van der Waals surface area (Å²) < 4.78 is 28.9. The van der Waals surface area contributed by atoms with Gasteiger partial charge in [0.05, 0.1) is 9.82 Å². The van der Waals surface area contributed by atoms with Crippen molar-refractivity contribution in [3.05, 3.63) is 33.9 Å². The van der Waals surface area contributed by atoms with Gasteiger partial charge in [0.15, 0.2) is 9.84 Å². The number of benzene rings is 1. The molecule has 1 aromatic rings. The van der Waals surface area contributed by atoms with Crippen molar-refractivity contribution in [3.8, 4) is 0 Å². The van der Waals surface area contributed by atoms with Crippen LogP contribution in [-0.4, -0.2) is 86.3 Å². The summed E-state index contributed by atoms with van der Waals surface area (Å²) >= 11 is 0. The van der Waals surface area contributed by atoms with E-state index < -0.39 is 32.0 Å². The highest BCUT2D eigenvalue weighted by atomic mass is 32.2. The van der Waals surface area contributed by atoms with Crippen LogP contribution in [0.1, 0.15) is 37.6 Å². The lowest BCUT2D eigenvalue weighted by atomic mass is 10.2. The number of non-ortho nitro benzene ring substituents is 1. The normalized spacial score (nSPS) is 15.3. The molecular weight excluding hydrogens is 440 g/mol. The van der Waals surface area contributed by atoms with E-state index in [4.69, 9.17) is 4.74 Å². The fourth-order valence-corrected chi connectivity index (χ4v) is 3.80. The van der Waals surface area contributed by atoms with E-state index in [2.05, 4.69) is 10.2 Å². The maximum atomic E-state index is 12.4. The van der Waals surface area contributed by atoms with Crippen molar-refractivity contribution in [2.75, 3.05) is 45.5 Å². The van der Waals surface area contributed by atoms with E-state index in [1.165, 1.54) is 0 Å². The van der Waals surface area contributed by atoms with Gasteiger partial charge in [-0.1, -0.05) is 0 Å². The number of nitro benzene ring substituents is 1. The molecule has 0 saturated carbocycles. The Balaban J connectivity index is 1.82. The standard InChI is InChI=1S/C20H30N4O7S/c1-20(2,3)31-19(26)23-10-8-22(9-11-23)7-5-6-21-18(25)15-12-16(24(27)28)14-17(13-15)32(4,29)30/h12-14H,5-11H2,1-4H3,(H,21,25). The summed E-state index contributed by atoms with van der Waals surface area (Å²) in [5.74, 6) is -0.576. The first-order valence-electron chi connectivity index (χ1n) is 10.2. The molecule has 0 spiro atoms. The molecule has 11 nitrogen and oxygen atoms in total. The zero-order valence-electron chi connectivity index (χ0n) is 18.8. The summed E-state index contributed by atoms with van der Waals surface area (Å²) in [5, 5.41) is 13.7. The molecule has 12 heteroatoms. The van der Waals surface area contributed by atoms with Crippen LogP contribution < -0.4 is 5.32 Å². The van der Waals surface area contributed by atoms with Gasteiger partial charge in [0.2, 0.25) is 0 Å². The van der Waals surface area contributed by atoms with Crippen LogP contribution in [0.3, 0.4) is 0 Å². The summed E-state index contributed by atoms with van der Waals surface area (Å²) in [6.07, 6.45) is 1.23. The van der Waals surface area contributed by atoms with E-state index in [9.17, 15) is 28.1 Å². The molecule has 1 aliphatic heterocycles. The van der Waals surface area contributed by atoms with E-state index in [1.54, 1.807) is 4.90 Å². The minimum absolute atomic E-state index is 0.0781. The largest absolute Gasteiger partial charge is 0.444 e. The molecule has 0 aromatic heterocycles. The average molecular weight is 471 g/mol.